The van der Waals surface area contributed by atoms with Gasteiger partial charge in [-0.3, -0.25) is 0 Å². The van der Waals surface area contributed by atoms with E-state index >= 15 is 0 Å². The fourth-order valence-electron chi connectivity index (χ4n) is 1.99. The van der Waals surface area contributed by atoms with Crippen LogP contribution >= 0.6 is 0 Å². The van der Waals surface area contributed by atoms with Crippen LogP contribution in [0.15, 0.2) is 69.1 Å². The summed E-state index contributed by atoms with van der Waals surface area (Å²) in [7, 11) is 0. The van der Waals surface area contributed by atoms with E-state index in [1.54, 1.807) is 3.28 Å². The summed E-state index contributed by atoms with van der Waals surface area (Å²) in [6.07, 6.45) is 20.9. The van der Waals surface area contributed by atoms with Crippen LogP contribution in [0.5, 0.6) is 0 Å². The Morgan fingerprint density at radius 3 is 1.85 bits per heavy atom. The van der Waals surface area contributed by atoms with E-state index in [0.717, 1.165) is 0 Å². The molecule has 0 amide bonds. The van der Waals surface area contributed by atoms with Gasteiger partial charge < -0.3 is 24.8 Å². The smallest absolute Gasteiger partial charge is 1.00 e. The van der Waals surface area contributed by atoms with Crippen molar-refractivity contribution in [3.63, 3.8) is 0 Å². The van der Waals surface area contributed by atoms with Crippen LogP contribution in [0.1, 0.15) is 6.42 Å². The van der Waals surface area contributed by atoms with Crippen LogP contribution in [0.2, 0.25) is 19.6 Å². The summed E-state index contributed by atoms with van der Waals surface area (Å²) in [5.41, 5.74) is 2.70. The minimum absolute atomic E-state index is 0. The average molecular weight is 403 g/mol. The van der Waals surface area contributed by atoms with Gasteiger partial charge in [0.05, 0.1) is 0 Å². The van der Waals surface area contributed by atoms with Crippen molar-refractivity contribution in [2.24, 2.45) is 0 Å². The Hall–Kier alpha value is 0.120. The van der Waals surface area contributed by atoms with Gasteiger partial charge in [-0.2, -0.15) is 0 Å². The SMILES string of the molecule is C1=CC2=CC=CC2=C1.C[Si](C)(C)[Zr+2][C]1=CCC=C1.[Cl-].[Cl-]. The molecule has 0 heterocycles. The second kappa shape index (κ2) is 9.20. The molecule has 0 fully saturated rings. The van der Waals surface area contributed by atoms with E-state index in [-0.39, 0.29) is 47.2 Å². The molecule has 106 valence electrons. The van der Waals surface area contributed by atoms with Crippen LogP contribution in [0, 0.1) is 0 Å². The van der Waals surface area contributed by atoms with Crippen molar-refractivity contribution in [1.82, 2.24) is 0 Å². The van der Waals surface area contributed by atoms with Crippen LogP contribution in [0.25, 0.3) is 0 Å². The Morgan fingerprint density at radius 2 is 1.45 bits per heavy atom. The molecule has 0 radical (unpaired) electrons. The first kappa shape index (κ1) is 20.1. The van der Waals surface area contributed by atoms with E-state index in [0.29, 0.717) is 0 Å². The first-order chi connectivity index (χ1) is 8.54. The first-order valence-electron chi connectivity index (χ1n) is 6.47. The van der Waals surface area contributed by atoms with E-state index in [4.69, 9.17) is 0 Å². The predicted molar refractivity (Wildman–Crippen MR) is 79.6 cm³/mol. The normalized spacial score (nSPS) is 16.9. The maximum Gasteiger partial charge on any atom is -1.00 e. The Labute approximate surface area is 146 Å². The van der Waals surface area contributed by atoms with Crippen molar-refractivity contribution in [2.75, 3.05) is 0 Å². The van der Waals surface area contributed by atoms with Gasteiger partial charge in [0.2, 0.25) is 0 Å². The summed E-state index contributed by atoms with van der Waals surface area (Å²) in [4.78, 5) is 0. The fraction of sp³-hybridized carbons (Fsp3) is 0.250. The molecule has 0 N–H and O–H groups in total. The molecule has 0 aliphatic heterocycles. The second-order valence-corrected chi connectivity index (χ2v) is 24.7. The van der Waals surface area contributed by atoms with E-state index in [2.05, 4.69) is 74.3 Å². The maximum absolute atomic E-state index is 2.49. The topological polar surface area (TPSA) is 0 Å². The Balaban J connectivity index is 0.000000332. The third kappa shape index (κ3) is 6.72. The predicted octanol–water partition coefficient (Wildman–Crippen LogP) is -1.27. The zero-order valence-electron chi connectivity index (χ0n) is 12.2. The van der Waals surface area contributed by atoms with Crippen LogP contribution in [0.4, 0.5) is 0 Å². The molecule has 0 aromatic heterocycles. The number of hydrogen-bond acceptors (Lipinski definition) is 0. The van der Waals surface area contributed by atoms with Crippen molar-refractivity contribution in [3.8, 4) is 0 Å². The van der Waals surface area contributed by atoms with Crippen molar-refractivity contribution < 1.29 is 47.2 Å². The third-order valence-electron chi connectivity index (χ3n) is 2.73. The molecule has 0 nitrogen and oxygen atoms in total. The Bertz CT molecular complexity index is 477. The van der Waals surface area contributed by atoms with Gasteiger partial charge in [0, 0.05) is 0 Å². The van der Waals surface area contributed by atoms with Crippen molar-refractivity contribution in [2.45, 2.75) is 26.1 Å². The first-order valence-corrected chi connectivity index (χ1v) is 14.9. The standard InChI is InChI=1S/C8H6.C5H5.C3H9Si.2ClH.Zr/c1-3-7-5-2-6-8(7)4-1;1-2-4-5-3-1;1-4(2)3;;;/h1-6H;1-2,5H,3H2;1-3H3;2*1H;/q;;;;;+2/p-2. The van der Waals surface area contributed by atoms with Crippen LogP contribution in [0.3, 0.4) is 0 Å². The average Bonchev–Trinajstić information content (AvgIpc) is 2.88. The summed E-state index contributed by atoms with van der Waals surface area (Å²) in [6, 6.07) is 0. The summed E-state index contributed by atoms with van der Waals surface area (Å²) < 4.78 is 1.74. The van der Waals surface area contributed by atoms with Crippen molar-refractivity contribution in [1.29, 1.82) is 0 Å². The van der Waals surface area contributed by atoms with E-state index < -0.39 is 5.20 Å². The molecule has 0 bridgehead atoms. The van der Waals surface area contributed by atoms with Crippen LogP contribution in [-0.2, 0) is 22.4 Å². The molecule has 0 saturated heterocycles. The summed E-state index contributed by atoms with van der Waals surface area (Å²) in [6.45, 7) is 7.48. The molecular weight excluding hydrogens is 382 g/mol. The van der Waals surface area contributed by atoms with Crippen LogP contribution in [-0.4, -0.2) is 5.20 Å². The fourth-order valence-corrected chi connectivity index (χ4v) is 11.4. The van der Waals surface area contributed by atoms with Gasteiger partial charge in [-0.1, -0.05) is 36.5 Å². The third-order valence-corrected chi connectivity index (χ3v) is 12.3. The molecule has 3 aliphatic carbocycles. The summed E-state index contributed by atoms with van der Waals surface area (Å²) in [5.74, 6) is 0. The van der Waals surface area contributed by atoms with Gasteiger partial charge in [0.15, 0.2) is 0 Å². The van der Waals surface area contributed by atoms with Gasteiger partial charge in [0.1, 0.15) is 0 Å². The van der Waals surface area contributed by atoms with Gasteiger partial charge in [0.25, 0.3) is 0 Å². The molecule has 0 aromatic carbocycles. The quantitative estimate of drug-likeness (QED) is 0.506. The number of rotatable bonds is 2. The van der Waals surface area contributed by atoms with Gasteiger partial charge >= 0.3 is 75.2 Å². The van der Waals surface area contributed by atoms with Gasteiger partial charge in [-0.05, 0) is 11.1 Å². The summed E-state index contributed by atoms with van der Waals surface area (Å²) in [5, 5.41) is -0.672. The van der Waals surface area contributed by atoms with Crippen LogP contribution < -0.4 is 24.8 Å². The van der Waals surface area contributed by atoms with E-state index in [1.807, 2.05) is 0 Å². The Morgan fingerprint density at radius 1 is 0.900 bits per heavy atom. The summed E-state index contributed by atoms with van der Waals surface area (Å²) >= 11 is -0.132. The maximum atomic E-state index is 2.49. The van der Waals surface area contributed by atoms with Crippen molar-refractivity contribution in [3.05, 3.63) is 69.1 Å². The number of halogens is 2. The van der Waals surface area contributed by atoms with E-state index in [9.17, 15) is 0 Å². The molecule has 20 heavy (non-hydrogen) atoms. The van der Waals surface area contributed by atoms with Crippen molar-refractivity contribution >= 4 is 5.20 Å². The molecule has 3 aliphatic rings. The van der Waals surface area contributed by atoms with E-state index in [1.165, 1.54) is 17.6 Å². The number of fused-ring (bicyclic) bond motifs is 1. The Kier molecular flexibility index (Phi) is 9.26. The molecule has 3 rings (SSSR count). The molecule has 0 saturated carbocycles. The number of allylic oxidation sites excluding steroid dienone is 12. The minimum atomic E-state index is -0.672. The molecule has 0 unspecified atom stereocenters. The van der Waals surface area contributed by atoms with Gasteiger partial charge in [-0.25, -0.2) is 0 Å². The molecule has 4 heteroatoms. The zero-order valence-corrected chi connectivity index (χ0v) is 17.1. The monoisotopic (exact) mass is 400 g/mol. The molecular formula is C16H20Cl2SiZr. The second-order valence-electron chi connectivity index (χ2n) is 5.63. The van der Waals surface area contributed by atoms with Gasteiger partial charge in [-0.15, -0.1) is 0 Å². The molecule has 0 atom stereocenters. The molecule has 0 spiro atoms. The molecule has 0 aromatic rings. The minimum Gasteiger partial charge on any atom is -1.00 e. The number of hydrogen-bond donors (Lipinski definition) is 0. The zero-order chi connectivity index (χ0) is 13.0. The largest absolute Gasteiger partial charge is 1.00 e.